The lowest BCUT2D eigenvalue weighted by Gasteiger charge is -2.17. The molecule has 0 spiro atoms. The molecule has 0 unspecified atom stereocenters. The number of aliphatic carboxylic acids is 1. The Bertz CT molecular complexity index is 515. The maximum Gasteiger partial charge on any atom is 0.303 e. The van der Waals surface area contributed by atoms with Crippen molar-refractivity contribution in [3.63, 3.8) is 0 Å². The van der Waals surface area contributed by atoms with E-state index in [1.54, 1.807) is 12.1 Å². The number of hydrogen-bond acceptors (Lipinski definition) is 4. The van der Waals surface area contributed by atoms with Gasteiger partial charge in [-0.1, -0.05) is 18.2 Å². The highest BCUT2D eigenvalue weighted by Crippen LogP contribution is 2.08. The molecule has 0 atom stereocenters. The molecule has 20 heavy (non-hydrogen) atoms. The molecule has 0 radical (unpaired) electrons. The van der Waals surface area contributed by atoms with Crippen LogP contribution in [-0.2, 0) is 14.8 Å². The molecule has 0 aliphatic rings. The molecule has 6 nitrogen and oxygen atoms in total. The number of benzene rings is 1. The van der Waals surface area contributed by atoms with Crippen molar-refractivity contribution in [2.45, 2.75) is 12.8 Å². The van der Waals surface area contributed by atoms with Crippen molar-refractivity contribution in [1.29, 1.82) is 0 Å². The van der Waals surface area contributed by atoms with E-state index in [9.17, 15) is 13.2 Å². The van der Waals surface area contributed by atoms with Gasteiger partial charge in [-0.15, -0.1) is 0 Å². The van der Waals surface area contributed by atoms with Gasteiger partial charge in [-0.25, -0.2) is 12.7 Å². The SMILES string of the molecule is CN(CCOc1ccccc1)S(=O)(=O)CCCC(=O)O. The van der Waals surface area contributed by atoms with Gasteiger partial charge < -0.3 is 9.84 Å². The van der Waals surface area contributed by atoms with Gasteiger partial charge in [0.05, 0.1) is 5.75 Å². The van der Waals surface area contributed by atoms with Gasteiger partial charge in [0.15, 0.2) is 0 Å². The number of ether oxygens (including phenoxy) is 1. The molecule has 0 saturated heterocycles. The van der Waals surface area contributed by atoms with Gasteiger partial charge in [0.2, 0.25) is 10.0 Å². The number of carboxylic acids is 1. The molecular weight excluding hydrogens is 282 g/mol. The van der Waals surface area contributed by atoms with E-state index in [1.165, 1.54) is 11.4 Å². The lowest BCUT2D eigenvalue weighted by atomic mass is 10.3. The summed E-state index contributed by atoms with van der Waals surface area (Å²) in [6, 6.07) is 9.12. The summed E-state index contributed by atoms with van der Waals surface area (Å²) in [7, 11) is -1.96. The van der Waals surface area contributed by atoms with Crippen molar-refractivity contribution in [1.82, 2.24) is 4.31 Å². The van der Waals surface area contributed by atoms with Crippen LogP contribution in [-0.4, -0.2) is 49.8 Å². The van der Waals surface area contributed by atoms with Crippen LogP contribution in [0.5, 0.6) is 5.75 Å². The number of carbonyl (C=O) groups is 1. The van der Waals surface area contributed by atoms with Crippen LogP contribution in [0.25, 0.3) is 0 Å². The second kappa shape index (κ2) is 7.86. The maximum atomic E-state index is 11.8. The maximum absolute atomic E-state index is 11.8. The minimum absolute atomic E-state index is 0.113. The molecular formula is C13H19NO5S. The number of hydrogen-bond donors (Lipinski definition) is 1. The summed E-state index contributed by atoms with van der Waals surface area (Å²) in [5.41, 5.74) is 0. The van der Waals surface area contributed by atoms with E-state index in [4.69, 9.17) is 9.84 Å². The molecule has 0 amide bonds. The normalized spacial score (nSPS) is 11.5. The van der Waals surface area contributed by atoms with Crippen LogP contribution in [0.15, 0.2) is 30.3 Å². The Morgan fingerprint density at radius 2 is 1.95 bits per heavy atom. The number of likely N-dealkylation sites (N-methyl/N-ethyl adjacent to an activating group) is 1. The first kappa shape index (κ1) is 16.5. The Morgan fingerprint density at radius 1 is 1.30 bits per heavy atom. The molecule has 0 heterocycles. The Morgan fingerprint density at radius 3 is 2.55 bits per heavy atom. The Balaban J connectivity index is 2.33. The van der Waals surface area contributed by atoms with E-state index in [-0.39, 0.29) is 31.7 Å². The van der Waals surface area contributed by atoms with Crippen molar-refractivity contribution in [3.8, 4) is 5.75 Å². The smallest absolute Gasteiger partial charge is 0.303 e. The molecule has 7 heteroatoms. The molecule has 0 aliphatic carbocycles. The number of carboxylic acid groups (broad SMARTS) is 1. The number of para-hydroxylation sites is 1. The highest BCUT2D eigenvalue weighted by Gasteiger charge is 2.17. The van der Waals surface area contributed by atoms with Gasteiger partial charge in [0.1, 0.15) is 12.4 Å². The van der Waals surface area contributed by atoms with Gasteiger partial charge in [-0.3, -0.25) is 4.79 Å². The lowest BCUT2D eigenvalue weighted by Crippen LogP contribution is -2.33. The molecule has 0 saturated carbocycles. The molecule has 0 bridgehead atoms. The Hall–Kier alpha value is -1.60. The molecule has 112 valence electrons. The second-order valence-electron chi connectivity index (χ2n) is 4.30. The minimum Gasteiger partial charge on any atom is -0.492 e. The number of sulfonamides is 1. The Kier molecular flexibility index (Phi) is 6.47. The van der Waals surface area contributed by atoms with E-state index < -0.39 is 16.0 Å². The molecule has 1 rings (SSSR count). The van der Waals surface area contributed by atoms with Crippen molar-refractivity contribution in [3.05, 3.63) is 30.3 Å². The van der Waals surface area contributed by atoms with Gasteiger partial charge in [-0.2, -0.15) is 0 Å². The zero-order valence-electron chi connectivity index (χ0n) is 11.4. The average Bonchev–Trinajstić information content (AvgIpc) is 2.39. The van der Waals surface area contributed by atoms with Crippen LogP contribution in [0.2, 0.25) is 0 Å². The topological polar surface area (TPSA) is 83.9 Å². The van der Waals surface area contributed by atoms with E-state index in [0.717, 1.165) is 0 Å². The first-order valence-corrected chi connectivity index (χ1v) is 7.86. The highest BCUT2D eigenvalue weighted by atomic mass is 32.2. The third kappa shape index (κ3) is 6.03. The predicted molar refractivity (Wildman–Crippen MR) is 75.2 cm³/mol. The van der Waals surface area contributed by atoms with Gasteiger partial charge in [0.25, 0.3) is 0 Å². The van der Waals surface area contributed by atoms with Crippen molar-refractivity contribution >= 4 is 16.0 Å². The third-order valence-corrected chi connectivity index (χ3v) is 4.62. The fraction of sp³-hybridized carbons (Fsp3) is 0.462. The molecule has 1 aromatic carbocycles. The highest BCUT2D eigenvalue weighted by molar-refractivity contribution is 7.89. The monoisotopic (exact) mass is 301 g/mol. The lowest BCUT2D eigenvalue weighted by molar-refractivity contribution is -0.137. The standard InChI is InChI=1S/C13H19NO5S/c1-14(20(17,18)11-5-8-13(15)16)9-10-19-12-6-3-2-4-7-12/h2-4,6-7H,5,8-11H2,1H3,(H,15,16). The first-order chi connectivity index (χ1) is 9.42. The van der Waals surface area contributed by atoms with Gasteiger partial charge in [0, 0.05) is 20.0 Å². The summed E-state index contributed by atoms with van der Waals surface area (Å²) in [5.74, 6) is -0.472. The summed E-state index contributed by atoms with van der Waals surface area (Å²) >= 11 is 0. The predicted octanol–water partition coefficient (Wildman–Crippen LogP) is 1.19. The largest absolute Gasteiger partial charge is 0.492 e. The third-order valence-electron chi connectivity index (χ3n) is 2.69. The summed E-state index contributed by atoms with van der Waals surface area (Å²) in [6.07, 6.45) is -0.0326. The second-order valence-corrected chi connectivity index (χ2v) is 6.49. The summed E-state index contributed by atoms with van der Waals surface area (Å²) in [4.78, 5) is 10.4. The Labute approximate surface area is 119 Å². The van der Waals surface area contributed by atoms with E-state index in [0.29, 0.717) is 5.75 Å². The zero-order chi connectivity index (χ0) is 15.0. The van der Waals surface area contributed by atoms with Crippen molar-refractivity contribution < 1.29 is 23.1 Å². The van der Waals surface area contributed by atoms with Gasteiger partial charge in [-0.05, 0) is 18.6 Å². The van der Waals surface area contributed by atoms with Crippen LogP contribution in [0, 0.1) is 0 Å². The van der Waals surface area contributed by atoms with E-state index in [2.05, 4.69) is 0 Å². The average molecular weight is 301 g/mol. The number of nitrogens with zero attached hydrogens (tertiary/aromatic N) is 1. The molecule has 0 aromatic heterocycles. The quantitative estimate of drug-likeness (QED) is 0.740. The molecule has 1 aromatic rings. The molecule has 0 fully saturated rings. The van der Waals surface area contributed by atoms with Crippen LogP contribution in [0.1, 0.15) is 12.8 Å². The molecule has 0 aliphatic heterocycles. The summed E-state index contributed by atoms with van der Waals surface area (Å²) in [6.45, 7) is 0.475. The van der Waals surface area contributed by atoms with Crippen molar-refractivity contribution in [2.24, 2.45) is 0 Å². The van der Waals surface area contributed by atoms with Crippen LogP contribution < -0.4 is 4.74 Å². The zero-order valence-corrected chi connectivity index (χ0v) is 12.2. The summed E-state index contributed by atoms with van der Waals surface area (Å²) < 4.78 is 30.3. The van der Waals surface area contributed by atoms with Crippen molar-refractivity contribution in [2.75, 3.05) is 26.0 Å². The van der Waals surface area contributed by atoms with Gasteiger partial charge >= 0.3 is 5.97 Å². The van der Waals surface area contributed by atoms with E-state index in [1.807, 2.05) is 18.2 Å². The molecule has 1 N–H and O–H groups in total. The first-order valence-electron chi connectivity index (χ1n) is 6.25. The van der Waals surface area contributed by atoms with E-state index >= 15 is 0 Å². The van der Waals surface area contributed by atoms with Crippen LogP contribution in [0.3, 0.4) is 0 Å². The van der Waals surface area contributed by atoms with Crippen LogP contribution >= 0.6 is 0 Å². The summed E-state index contributed by atoms with van der Waals surface area (Å²) in [5, 5.41) is 8.49. The fourth-order valence-electron chi connectivity index (χ4n) is 1.51. The fourth-order valence-corrected chi connectivity index (χ4v) is 2.68. The number of rotatable bonds is 9. The minimum atomic E-state index is -3.42. The van der Waals surface area contributed by atoms with Crippen LogP contribution in [0.4, 0.5) is 0 Å².